The number of benzene rings is 2. The Morgan fingerprint density at radius 3 is 2.18 bits per heavy atom. The Labute approximate surface area is 133 Å². The molecule has 0 N–H and O–H groups in total. The van der Waals surface area contributed by atoms with Crippen LogP contribution in [0.3, 0.4) is 0 Å². The topological polar surface area (TPSA) is 37.4 Å². The van der Waals surface area contributed by atoms with Crippen LogP contribution in [-0.2, 0) is 16.4 Å². The molecule has 3 nitrogen and oxygen atoms in total. The Hall–Kier alpha value is -1.81. The molecule has 0 radical (unpaired) electrons. The number of hydrogen-bond acceptors (Lipinski definition) is 2. The van der Waals surface area contributed by atoms with Gasteiger partial charge in [0.05, 0.1) is 10.6 Å². The fourth-order valence-electron chi connectivity index (χ4n) is 2.36. The van der Waals surface area contributed by atoms with E-state index in [9.17, 15) is 8.42 Å². The highest BCUT2D eigenvalue weighted by atomic mass is 32.2. The van der Waals surface area contributed by atoms with Crippen molar-refractivity contribution in [3.63, 3.8) is 0 Å². The molecule has 0 bridgehead atoms. The third-order valence-corrected chi connectivity index (χ3v) is 5.21. The number of nitrogens with zero attached hydrogens (tertiary/aromatic N) is 1. The highest BCUT2D eigenvalue weighted by Gasteiger charge is 2.21. The molecule has 2 aromatic rings. The predicted octanol–water partition coefficient (Wildman–Crippen LogP) is 4.10. The molecule has 0 aliphatic rings. The summed E-state index contributed by atoms with van der Waals surface area (Å²) in [6.45, 7) is 6.51. The Kier molecular flexibility index (Phi) is 4.61. The SMILES string of the molecule is CN(c1cccc(CC(C)(C)C)c1)S(=O)(=O)c1ccccc1. The maximum absolute atomic E-state index is 12.7. The molecule has 0 spiro atoms. The largest absolute Gasteiger partial charge is 0.269 e. The van der Waals surface area contributed by atoms with E-state index in [0.717, 1.165) is 12.0 Å². The van der Waals surface area contributed by atoms with Crippen LogP contribution in [0.2, 0.25) is 0 Å². The normalized spacial score (nSPS) is 12.2. The lowest BCUT2D eigenvalue weighted by atomic mass is 9.88. The zero-order valence-corrected chi connectivity index (χ0v) is 14.4. The average molecular weight is 317 g/mol. The van der Waals surface area contributed by atoms with Crippen molar-refractivity contribution in [2.45, 2.75) is 32.1 Å². The molecule has 0 aliphatic heterocycles. The summed E-state index contributed by atoms with van der Waals surface area (Å²) in [6, 6.07) is 16.2. The number of sulfonamides is 1. The number of anilines is 1. The van der Waals surface area contributed by atoms with E-state index in [2.05, 4.69) is 20.8 Å². The third-order valence-electron chi connectivity index (χ3n) is 3.41. The maximum atomic E-state index is 12.7. The summed E-state index contributed by atoms with van der Waals surface area (Å²) in [4.78, 5) is 0.304. The molecule has 0 saturated heterocycles. The highest BCUT2D eigenvalue weighted by Crippen LogP contribution is 2.26. The molecule has 0 heterocycles. The lowest BCUT2D eigenvalue weighted by molar-refractivity contribution is 0.411. The summed E-state index contributed by atoms with van der Waals surface area (Å²) in [5.74, 6) is 0. The Morgan fingerprint density at radius 1 is 0.955 bits per heavy atom. The monoisotopic (exact) mass is 317 g/mol. The highest BCUT2D eigenvalue weighted by molar-refractivity contribution is 7.92. The van der Waals surface area contributed by atoms with Gasteiger partial charge in [-0.15, -0.1) is 0 Å². The second kappa shape index (κ2) is 6.13. The van der Waals surface area contributed by atoms with Crippen LogP contribution < -0.4 is 4.31 Å². The quantitative estimate of drug-likeness (QED) is 0.851. The van der Waals surface area contributed by atoms with Gasteiger partial charge in [-0.1, -0.05) is 51.1 Å². The van der Waals surface area contributed by atoms with Gasteiger partial charge in [-0.25, -0.2) is 8.42 Å². The van der Waals surface area contributed by atoms with Gasteiger partial charge in [-0.05, 0) is 41.7 Å². The van der Waals surface area contributed by atoms with Crippen molar-refractivity contribution in [2.24, 2.45) is 5.41 Å². The molecule has 0 saturated carbocycles. The number of rotatable bonds is 4. The van der Waals surface area contributed by atoms with Gasteiger partial charge in [0.15, 0.2) is 0 Å². The average Bonchev–Trinajstić information content (AvgIpc) is 2.46. The second-order valence-corrected chi connectivity index (χ2v) is 8.66. The first-order valence-electron chi connectivity index (χ1n) is 7.33. The maximum Gasteiger partial charge on any atom is 0.264 e. The van der Waals surface area contributed by atoms with Gasteiger partial charge in [0, 0.05) is 7.05 Å². The molecule has 0 unspecified atom stereocenters. The summed E-state index contributed by atoms with van der Waals surface area (Å²) in [5.41, 5.74) is 1.99. The molecule has 0 aromatic heterocycles. The van der Waals surface area contributed by atoms with E-state index in [1.165, 1.54) is 4.31 Å². The van der Waals surface area contributed by atoms with E-state index in [0.29, 0.717) is 10.6 Å². The van der Waals surface area contributed by atoms with E-state index in [1.807, 2.05) is 30.3 Å². The van der Waals surface area contributed by atoms with Crippen molar-refractivity contribution >= 4 is 15.7 Å². The van der Waals surface area contributed by atoms with Gasteiger partial charge in [0.2, 0.25) is 0 Å². The Morgan fingerprint density at radius 2 is 1.59 bits per heavy atom. The van der Waals surface area contributed by atoms with Gasteiger partial charge in [-0.3, -0.25) is 4.31 Å². The zero-order valence-electron chi connectivity index (χ0n) is 13.6. The summed E-state index contributed by atoms with van der Waals surface area (Å²) >= 11 is 0. The van der Waals surface area contributed by atoms with Crippen molar-refractivity contribution in [2.75, 3.05) is 11.4 Å². The molecular weight excluding hydrogens is 294 g/mol. The number of hydrogen-bond donors (Lipinski definition) is 0. The third kappa shape index (κ3) is 3.89. The van der Waals surface area contributed by atoms with Crippen LogP contribution in [0.4, 0.5) is 5.69 Å². The molecule has 118 valence electrons. The van der Waals surface area contributed by atoms with Crippen LogP contribution in [0, 0.1) is 5.41 Å². The summed E-state index contributed by atoms with van der Waals surface area (Å²) in [6.07, 6.45) is 0.903. The van der Waals surface area contributed by atoms with Crippen LogP contribution in [-0.4, -0.2) is 15.5 Å². The lowest BCUT2D eigenvalue weighted by Crippen LogP contribution is -2.26. The summed E-state index contributed by atoms with van der Waals surface area (Å²) in [7, 11) is -1.92. The molecule has 0 aliphatic carbocycles. The van der Waals surface area contributed by atoms with Crippen LogP contribution in [0.1, 0.15) is 26.3 Å². The van der Waals surface area contributed by atoms with Gasteiger partial charge >= 0.3 is 0 Å². The van der Waals surface area contributed by atoms with Gasteiger partial charge in [0.1, 0.15) is 0 Å². The summed E-state index contributed by atoms with van der Waals surface area (Å²) in [5, 5.41) is 0. The van der Waals surface area contributed by atoms with E-state index in [1.54, 1.807) is 31.3 Å². The van der Waals surface area contributed by atoms with E-state index >= 15 is 0 Å². The van der Waals surface area contributed by atoms with Crippen molar-refractivity contribution in [3.8, 4) is 0 Å². The fraction of sp³-hybridized carbons (Fsp3) is 0.333. The Bertz CT molecular complexity index is 731. The minimum Gasteiger partial charge on any atom is -0.269 e. The van der Waals surface area contributed by atoms with Gasteiger partial charge < -0.3 is 0 Å². The van der Waals surface area contributed by atoms with Crippen LogP contribution in [0.15, 0.2) is 59.5 Å². The van der Waals surface area contributed by atoms with Gasteiger partial charge in [-0.2, -0.15) is 0 Å². The smallest absolute Gasteiger partial charge is 0.264 e. The van der Waals surface area contributed by atoms with Crippen LogP contribution in [0.25, 0.3) is 0 Å². The molecule has 22 heavy (non-hydrogen) atoms. The van der Waals surface area contributed by atoms with Crippen molar-refractivity contribution in [3.05, 3.63) is 60.2 Å². The van der Waals surface area contributed by atoms with Crippen molar-refractivity contribution in [1.29, 1.82) is 0 Å². The molecule has 0 amide bonds. The fourth-order valence-corrected chi connectivity index (χ4v) is 3.57. The molecule has 0 atom stereocenters. The van der Waals surface area contributed by atoms with Crippen molar-refractivity contribution in [1.82, 2.24) is 0 Å². The van der Waals surface area contributed by atoms with E-state index < -0.39 is 10.0 Å². The molecule has 0 fully saturated rings. The second-order valence-electron chi connectivity index (χ2n) is 6.69. The molecule has 4 heteroatoms. The molecule has 2 rings (SSSR count). The van der Waals surface area contributed by atoms with Crippen LogP contribution >= 0.6 is 0 Å². The first kappa shape index (κ1) is 16.6. The van der Waals surface area contributed by atoms with Crippen LogP contribution in [0.5, 0.6) is 0 Å². The summed E-state index contributed by atoms with van der Waals surface area (Å²) < 4.78 is 26.7. The standard InChI is InChI=1S/C18H23NO2S/c1-18(2,3)14-15-9-8-10-16(13-15)19(4)22(20,21)17-11-6-5-7-12-17/h5-13H,14H2,1-4H3. The van der Waals surface area contributed by atoms with E-state index in [4.69, 9.17) is 0 Å². The minimum atomic E-state index is -3.52. The predicted molar refractivity (Wildman–Crippen MR) is 91.6 cm³/mol. The first-order chi connectivity index (χ1) is 10.2. The van der Waals surface area contributed by atoms with Gasteiger partial charge in [0.25, 0.3) is 10.0 Å². The van der Waals surface area contributed by atoms with E-state index in [-0.39, 0.29) is 5.41 Å². The zero-order chi connectivity index (χ0) is 16.4. The lowest BCUT2D eigenvalue weighted by Gasteiger charge is -2.22. The Balaban J connectivity index is 2.34. The minimum absolute atomic E-state index is 0.162. The molecule has 2 aromatic carbocycles. The first-order valence-corrected chi connectivity index (χ1v) is 8.77. The van der Waals surface area contributed by atoms with Crippen molar-refractivity contribution < 1.29 is 8.42 Å². The molecular formula is C18H23NO2S.